The minimum Gasteiger partial charge on any atom is -0.493 e. The Hall–Kier alpha value is -3.43. The number of aliphatic hydroxyl groups is 2. The van der Waals surface area contributed by atoms with Crippen molar-refractivity contribution in [3.05, 3.63) is 48.4 Å². The average molecular weight is 420 g/mol. The van der Waals surface area contributed by atoms with E-state index in [1.165, 1.54) is 6.33 Å². The smallest absolute Gasteiger partial charge is 0.146 e. The van der Waals surface area contributed by atoms with Crippen LogP contribution in [0, 0.1) is 12.8 Å². The first kappa shape index (κ1) is 19.5. The van der Waals surface area contributed by atoms with Crippen LogP contribution in [0.2, 0.25) is 0 Å². The lowest BCUT2D eigenvalue weighted by Gasteiger charge is -2.20. The summed E-state index contributed by atoms with van der Waals surface area (Å²) < 4.78 is 7.89. The zero-order valence-corrected chi connectivity index (χ0v) is 17.0. The molecule has 4 aromatic rings. The fourth-order valence-corrected chi connectivity index (χ4v) is 4.52. The molecular weight excluding hydrogens is 396 g/mol. The van der Waals surface area contributed by atoms with E-state index in [2.05, 4.69) is 15.0 Å². The molecule has 0 saturated heterocycles. The summed E-state index contributed by atoms with van der Waals surface area (Å²) in [4.78, 5) is 12.7. The molecule has 160 valence electrons. The molecule has 0 spiro atoms. The SMILES string of the molecule is Cc1cc2c(N)ncnc2n1[C@@H]1C[C@H](COc2ccc3ccc(N)nc3c2)[C@@H](O)[C@H]1O. The second-order valence-corrected chi connectivity index (χ2v) is 8.10. The Bertz CT molecular complexity index is 1270. The van der Waals surface area contributed by atoms with Crippen molar-refractivity contribution in [1.29, 1.82) is 0 Å². The normalized spacial score (nSPS) is 23.6. The summed E-state index contributed by atoms with van der Waals surface area (Å²) in [7, 11) is 0. The molecule has 5 rings (SSSR count). The molecule has 1 saturated carbocycles. The number of rotatable bonds is 4. The molecule has 3 aromatic heterocycles. The van der Waals surface area contributed by atoms with Crippen LogP contribution in [0.5, 0.6) is 5.75 Å². The highest BCUT2D eigenvalue weighted by Gasteiger charge is 2.43. The largest absolute Gasteiger partial charge is 0.493 e. The highest BCUT2D eigenvalue weighted by molar-refractivity contribution is 5.87. The lowest BCUT2D eigenvalue weighted by molar-refractivity contribution is -0.00159. The van der Waals surface area contributed by atoms with Crippen molar-refractivity contribution in [2.75, 3.05) is 18.1 Å². The molecule has 31 heavy (non-hydrogen) atoms. The Morgan fingerprint density at radius 3 is 2.74 bits per heavy atom. The number of anilines is 2. The van der Waals surface area contributed by atoms with Gasteiger partial charge in [0.15, 0.2) is 0 Å². The zero-order chi connectivity index (χ0) is 21.7. The third-order valence-corrected chi connectivity index (χ3v) is 6.11. The maximum Gasteiger partial charge on any atom is 0.146 e. The number of aliphatic hydroxyl groups excluding tert-OH is 2. The molecule has 0 unspecified atom stereocenters. The number of nitrogens with zero attached hydrogens (tertiary/aromatic N) is 4. The molecule has 4 atom stereocenters. The van der Waals surface area contributed by atoms with E-state index >= 15 is 0 Å². The Balaban J connectivity index is 1.37. The van der Waals surface area contributed by atoms with E-state index in [-0.39, 0.29) is 18.6 Å². The molecule has 9 heteroatoms. The summed E-state index contributed by atoms with van der Waals surface area (Å²) >= 11 is 0. The Labute approximate surface area is 178 Å². The Morgan fingerprint density at radius 2 is 1.90 bits per heavy atom. The fraction of sp³-hybridized carbons (Fsp3) is 0.318. The van der Waals surface area contributed by atoms with E-state index < -0.39 is 12.2 Å². The number of nitrogens with two attached hydrogens (primary N) is 2. The molecule has 1 aliphatic rings. The van der Waals surface area contributed by atoms with Gasteiger partial charge in [-0.1, -0.05) is 0 Å². The van der Waals surface area contributed by atoms with E-state index in [1.54, 1.807) is 6.07 Å². The van der Waals surface area contributed by atoms with Crippen LogP contribution in [-0.2, 0) is 0 Å². The van der Waals surface area contributed by atoms with Crippen LogP contribution in [0.4, 0.5) is 11.6 Å². The van der Waals surface area contributed by atoms with Gasteiger partial charge in [-0.3, -0.25) is 0 Å². The zero-order valence-electron chi connectivity index (χ0n) is 17.0. The van der Waals surface area contributed by atoms with Gasteiger partial charge in [-0.2, -0.15) is 0 Å². The first-order valence-electron chi connectivity index (χ1n) is 10.2. The molecule has 0 bridgehead atoms. The number of aromatic nitrogens is 4. The van der Waals surface area contributed by atoms with Crippen LogP contribution in [0.25, 0.3) is 21.9 Å². The monoisotopic (exact) mass is 420 g/mol. The van der Waals surface area contributed by atoms with Gasteiger partial charge in [0.1, 0.15) is 35.5 Å². The van der Waals surface area contributed by atoms with Crippen LogP contribution in [-0.4, -0.2) is 48.5 Å². The minimum absolute atomic E-state index is 0.250. The summed E-state index contributed by atoms with van der Waals surface area (Å²) in [6, 6.07) is 10.8. The molecule has 3 heterocycles. The van der Waals surface area contributed by atoms with E-state index in [4.69, 9.17) is 16.2 Å². The molecule has 1 aliphatic carbocycles. The van der Waals surface area contributed by atoms with E-state index in [0.717, 1.165) is 22.0 Å². The second kappa shape index (κ2) is 7.36. The molecule has 0 amide bonds. The molecule has 1 fully saturated rings. The number of hydrogen-bond donors (Lipinski definition) is 4. The van der Waals surface area contributed by atoms with Crippen molar-refractivity contribution in [3.8, 4) is 5.75 Å². The van der Waals surface area contributed by atoms with Gasteiger partial charge < -0.3 is 31.0 Å². The second-order valence-electron chi connectivity index (χ2n) is 8.10. The van der Waals surface area contributed by atoms with Crippen LogP contribution >= 0.6 is 0 Å². The van der Waals surface area contributed by atoms with E-state index in [9.17, 15) is 10.2 Å². The first-order valence-corrected chi connectivity index (χ1v) is 10.2. The molecular formula is C22H24N6O3. The quantitative estimate of drug-likeness (QED) is 0.391. The van der Waals surface area contributed by atoms with Gasteiger partial charge in [0.2, 0.25) is 0 Å². The van der Waals surface area contributed by atoms with Crippen molar-refractivity contribution in [1.82, 2.24) is 19.5 Å². The third kappa shape index (κ3) is 3.31. The molecule has 0 radical (unpaired) electrons. The van der Waals surface area contributed by atoms with Crippen LogP contribution in [0.15, 0.2) is 42.7 Å². The van der Waals surface area contributed by atoms with Crippen molar-refractivity contribution in [3.63, 3.8) is 0 Å². The van der Waals surface area contributed by atoms with Crippen LogP contribution < -0.4 is 16.2 Å². The van der Waals surface area contributed by atoms with Gasteiger partial charge in [0.05, 0.1) is 29.7 Å². The highest BCUT2D eigenvalue weighted by atomic mass is 16.5. The predicted octanol–water partition coefficient (Wildman–Crippen LogP) is 1.81. The standard InChI is InChI=1S/C22H24N6O3/c1-11-6-15-21(24)25-10-26-22(15)28(11)17-7-13(19(29)20(17)30)9-31-14-4-2-12-3-5-18(23)27-16(12)8-14/h2-6,8,10,13,17,19-20,29-30H,7,9H2,1H3,(H2,23,27)(H2,24,25,26)/t13-,17-,19-,20+/m1/s1. The number of aryl methyl sites for hydroxylation is 1. The van der Waals surface area contributed by atoms with Crippen LogP contribution in [0.1, 0.15) is 18.2 Å². The van der Waals surface area contributed by atoms with Crippen molar-refractivity contribution in [2.45, 2.75) is 31.6 Å². The van der Waals surface area contributed by atoms with Crippen molar-refractivity contribution in [2.24, 2.45) is 5.92 Å². The number of hydrogen-bond acceptors (Lipinski definition) is 8. The predicted molar refractivity (Wildman–Crippen MR) is 117 cm³/mol. The lowest BCUT2D eigenvalue weighted by atomic mass is 10.1. The third-order valence-electron chi connectivity index (χ3n) is 6.11. The van der Waals surface area contributed by atoms with Crippen molar-refractivity contribution >= 4 is 33.6 Å². The molecule has 6 N–H and O–H groups in total. The molecule has 1 aromatic carbocycles. The summed E-state index contributed by atoms with van der Waals surface area (Å²) in [5.74, 6) is 1.23. The first-order chi connectivity index (χ1) is 14.9. The number of nitrogen functional groups attached to an aromatic ring is 2. The Morgan fingerprint density at radius 1 is 1.10 bits per heavy atom. The van der Waals surface area contributed by atoms with Gasteiger partial charge in [-0.05, 0) is 43.7 Å². The number of pyridine rings is 1. The molecule has 0 aliphatic heterocycles. The van der Waals surface area contributed by atoms with Gasteiger partial charge in [0, 0.05) is 23.1 Å². The van der Waals surface area contributed by atoms with Crippen LogP contribution in [0.3, 0.4) is 0 Å². The summed E-state index contributed by atoms with van der Waals surface area (Å²) in [6.07, 6.45) is 0.0784. The average Bonchev–Trinajstić information content (AvgIpc) is 3.23. The van der Waals surface area contributed by atoms with E-state index in [0.29, 0.717) is 29.5 Å². The number of fused-ring (bicyclic) bond motifs is 2. The lowest BCUT2D eigenvalue weighted by Crippen LogP contribution is -2.31. The maximum atomic E-state index is 10.8. The minimum atomic E-state index is -0.947. The maximum absolute atomic E-state index is 10.8. The summed E-state index contributed by atoms with van der Waals surface area (Å²) in [5.41, 5.74) is 14.0. The van der Waals surface area contributed by atoms with Gasteiger partial charge in [0.25, 0.3) is 0 Å². The van der Waals surface area contributed by atoms with Gasteiger partial charge >= 0.3 is 0 Å². The Kier molecular flexibility index (Phi) is 4.64. The summed E-state index contributed by atoms with van der Waals surface area (Å²) in [6.45, 7) is 2.19. The van der Waals surface area contributed by atoms with Gasteiger partial charge in [-0.25, -0.2) is 15.0 Å². The fourth-order valence-electron chi connectivity index (χ4n) is 4.52. The topological polar surface area (TPSA) is 145 Å². The van der Waals surface area contributed by atoms with E-state index in [1.807, 2.05) is 41.8 Å². The molecule has 9 nitrogen and oxygen atoms in total. The highest BCUT2D eigenvalue weighted by Crippen LogP contribution is 2.39. The van der Waals surface area contributed by atoms with Gasteiger partial charge in [-0.15, -0.1) is 0 Å². The summed E-state index contributed by atoms with van der Waals surface area (Å²) in [5, 5.41) is 23.2. The number of ether oxygens (including phenoxy) is 1. The van der Waals surface area contributed by atoms with Crippen molar-refractivity contribution < 1.29 is 14.9 Å². The number of benzene rings is 1.